The number of thiocarbonyl (C=S) groups is 1. The molecule has 1 aromatic carbocycles. The van der Waals surface area contributed by atoms with E-state index in [1.807, 2.05) is 12.1 Å². The smallest absolute Gasteiger partial charge is 0.261 e. The molecule has 0 atom stereocenters. The van der Waals surface area contributed by atoms with E-state index in [1.54, 1.807) is 6.07 Å². The Labute approximate surface area is 164 Å². The van der Waals surface area contributed by atoms with Crippen LogP contribution in [0.5, 0.6) is 5.75 Å². The highest BCUT2D eigenvalue weighted by molar-refractivity contribution is 9.10. The quantitative estimate of drug-likeness (QED) is 0.640. The van der Waals surface area contributed by atoms with Gasteiger partial charge in [-0.05, 0) is 55.6 Å². The lowest BCUT2D eigenvalue weighted by Gasteiger charge is -2.24. The monoisotopic (exact) mass is 426 g/mol. The second-order valence-corrected chi connectivity index (χ2v) is 8.26. The summed E-state index contributed by atoms with van der Waals surface area (Å²) in [4.78, 5) is 12.6. The largest absolute Gasteiger partial charge is 0.493 e. The van der Waals surface area contributed by atoms with Crippen LogP contribution in [-0.4, -0.2) is 23.7 Å². The number of ether oxygens (including phenoxy) is 1. The molecule has 1 aliphatic rings. The van der Waals surface area contributed by atoms with Crippen molar-refractivity contribution in [2.75, 3.05) is 6.61 Å². The maximum absolute atomic E-state index is 12.6. The summed E-state index contributed by atoms with van der Waals surface area (Å²) >= 11 is 8.73. The van der Waals surface area contributed by atoms with Crippen molar-refractivity contribution in [2.24, 2.45) is 5.92 Å². The van der Waals surface area contributed by atoms with Gasteiger partial charge in [0.15, 0.2) is 5.11 Å². The van der Waals surface area contributed by atoms with Gasteiger partial charge in [-0.3, -0.25) is 10.1 Å². The molecule has 25 heavy (non-hydrogen) atoms. The maximum Gasteiger partial charge on any atom is 0.261 e. The van der Waals surface area contributed by atoms with E-state index in [1.165, 1.54) is 19.3 Å². The summed E-state index contributed by atoms with van der Waals surface area (Å²) in [6.45, 7) is 4.88. The van der Waals surface area contributed by atoms with E-state index in [0.29, 0.717) is 35.0 Å². The molecule has 0 unspecified atom stereocenters. The molecular formula is C19H27BrN2O2S. The Morgan fingerprint density at radius 1 is 1.32 bits per heavy atom. The van der Waals surface area contributed by atoms with Gasteiger partial charge in [0, 0.05) is 10.5 Å². The van der Waals surface area contributed by atoms with Crippen molar-refractivity contribution in [3.05, 3.63) is 28.2 Å². The molecule has 0 aromatic heterocycles. The van der Waals surface area contributed by atoms with Crippen molar-refractivity contribution < 1.29 is 9.53 Å². The van der Waals surface area contributed by atoms with Crippen molar-refractivity contribution in [3.63, 3.8) is 0 Å². The first-order valence-corrected chi connectivity index (χ1v) is 10.2. The Kier molecular flexibility index (Phi) is 8.16. The number of benzene rings is 1. The molecule has 1 aromatic rings. The minimum absolute atomic E-state index is 0.242. The third-order valence-corrected chi connectivity index (χ3v) is 5.02. The Bertz CT molecular complexity index is 601. The van der Waals surface area contributed by atoms with E-state index in [0.717, 1.165) is 23.7 Å². The van der Waals surface area contributed by atoms with Crippen LogP contribution in [0.4, 0.5) is 0 Å². The van der Waals surface area contributed by atoms with Gasteiger partial charge in [0.25, 0.3) is 5.91 Å². The van der Waals surface area contributed by atoms with Crippen LogP contribution in [0.25, 0.3) is 0 Å². The first-order valence-electron chi connectivity index (χ1n) is 9.00. The van der Waals surface area contributed by atoms with Crippen LogP contribution >= 0.6 is 28.1 Å². The number of nitrogens with one attached hydrogen (secondary N) is 2. The molecular weight excluding hydrogens is 400 g/mol. The molecule has 2 rings (SSSR count). The van der Waals surface area contributed by atoms with Crippen LogP contribution in [0.2, 0.25) is 0 Å². The summed E-state index contributed by atoms with van der Waals surface area (Å²) < 4.78 is 6.64. The minimum Gasteiger partial charge on any atom is -0.493 e. The van der Waals surface area contributed by atoms with Crippen LogP contribution in [0.1, 0.15) is 62.7 Å². The van der Waals surface area contributed by atoms with E-state index in [4.69, 9.17) is 17.0 Å². The van der Waals surface area contributed by atoms with Crippen molar-refractivity contribution >= 4 is 39.2 Å². The Balaban J connectivity index is 1.96. The standard InChI is InChI=1S/C19H27BrN2O2S/c1-13(2)10-11-24-17-9-8-14(20)12-16(17)18(23)22-19(25)21-15-6-4-3-5-7-15/h8-9,12-13,15H,3-7,10-11H2,1-2H3,(H2,21,22,23,25). The highest BCUT2D eigenvalue weighted by Gasteiger charge is 2.18. The minimum atomic E-state index is -0.242. The molecule has 0 heterocycles. The highest BCUT2D eigenvalue weighted by Crippen LogP contribution is 2.24. The summed E-state index contributed by atoms with van der Waals surface area (Å²) in [5, 5.41) is 6.44. The third-order valence-electron chi connectivity index (χ3n) is 4.31. The van der Waals surface area contributed by atoms with Gasteiger partial charge in [0.1, 0.15) is 5.75 Å². The number of hydrogen-bond acceptors (Lipinski definition) is 3. The van der Waals surface area contributed by atoms with E-state index in [2.05, 4.69) is 40.4 Å². The fraction of sp³-hybridized carbons (Fsp3) is 0.579. The Morgan fingerprint density at radius 3 is 2.72 bits per heavy atom. The van der Waals surface area contributed by atoms with Gasteiger partial charge in [-0.15, -0.1) is 0 Å². The lowest BCUT2D eigenvalue weighted by molar-refractivity contribution is 0.0972. The third kappa shape index (κ3) is 6.94. The lowest BCUT2D eigenvalue weighted by Crippen LogP contribution is -2.45. The molecule has 0 bridgehead atoms. The van der Waals surface area contributed by atoms with Crippen LogP contribution in [0.15, 0.2) is 22.7 Å². The van der Waals surface area contributed by atoms with Gasteiger partial charge in [-0.1, -0.05) is 49.0 Å². The summed E-state index contributed by atoms with van der Waals surface area (Å²) in [5.41, 5.74) is 0.492. The molecule has 1 fully saturated rings. The number of carbonyl (C=O) groups is 1. The molecule has 1 saturated carbocycles. The molecule has 6 heteroatoms. The van der Waals surface area contributed by atoms with Gasteiger partial charge in [0.05, 0.1) is 12.2 Å². The van der Waals surface area contributed by atoms with Gasteiger partial charge in [-0.25, -0.2) is 0 Å². The molecule has 1 amide bonds. The summed E-state index contributed by atoms with van der Waals surface area (Å²) in [6.07, 6.45) is 6.87. The number of hydrogen-bond donors (Lipinski definition) is 2. The second-order valence-electron chi connectivity index (χ2n) is 6.93. The highest BCUT2D eigenvalue weighted by atomic mass is 79.9. The van der Waals surface area contributed by atoms with Crippen molar-refractivity contribution in [1.29, 1.82) is 0 Å². The average Bonchev–Trinajstić information content (AvgIpc) is 2.56. The molecule has 1 aliphatic carbocycles. The predicted molar refractivity (Wildman–Crippen MR) is 109 cm³/mol. The molecule has 0 saturated heterocycles. The second kappa shape index (κ2) is 10.1. The molecule has 4 nitrogen and oxygen atoms in total. The molecule has 138 valence electrons. The predicted octanol–water partition coefficient (Wildman–Crippen LogP) is 4.81. The zero-order valence-electron chi connectivity index (χ0n) is 14.9. The first kappa shape index (κ1) is 20.2. The number of rotatable bonds is 6. The number of halogens is 1. The van der Waals surface area contributed by atoms with E-state index in [-0.39, 0.29) is 5.91 Å². The molecule has 2 N–H and O–H groups in total. The van der Waals surface area contributed by atoms with Crippen molar-refractivity contribution in [1.82, 2.24) is 10.6 Å². The fourth-order valence-electron chi connectivity index (χ4n) is 2.85. The summed E-state index contributed by atoms with van der Waals surface area (Å²) in [7, 11) is 0. The molecule has 0 aliphatic heterocycles. The van der Waals surface area contributed by atoms with E-state index >= 15 is 0 Å². The molecule has 0 radical (unpaired) electrons. The van der Waals surface area contributed by atoms with Crippen LogP contribution in [0.3, 0.4) is 0 Å². The fourth-order valence-corrected chi connectivity index (χ4v) is 3.47. The molecule has 0 spiro atoms. The van der Waals surface area contributed by atoms with Crippen LogP contribution < -0.4 is 15.4 Å². The van der Waals surface area contributed by atoms with E-state index < -0.39 is 0 Å². The van der Waals surface area contributed by atoms with Gasteiger partial charge >= 0.3 is 0 Å². The van der Waals surface area contributed by atoms with Gasteiger partial charge in [-0.2, -0.15) is 0 Å². The Morgan fingerprint density at radius 2 is 2.04 bits per heavy atom. The van der Waals surface area contributed by atoms with Gasteiger partial charge < -0.3 is 10.1 Å². The summed E-state index contributed by atoms with van der Waals surface area (Å²) in [6, 6.07) is 5.83. The number of carbonyl (C=O) groups excluding carboxylic acids is 1. The average molecular weight is 427 g/mol. The van der Waals surface area contributed by atoms with E-state index in [9.17, 15) is 4.79 Å². The number of amides is 1. The zero-order chi connectivity index (χ0) is 18.2. The first-order chi connectivity index (χ1) is 12.0. The SMILES string of the molecule is CC(C)CCOc1ccc(Br)cc1C(=O)NC(=S)NC1CCCCC1. The lowest BCUT2D eigenvalue weighted by atomic mass is 9.96. The summed E-state index contributed by atoms with van der Waals surface area (Å²) in [5.74, 6) is 0.899. The Hall–Kier alpha value is -1.14. The normalized spacial score (nSPS) is 15.0. The van der Waals surface area contributed by atoms with Crippen LogP contribution in [0, 0.1) is 5.92 Å². The topological polar surface area (TPSA) is 50.4 Å². The van der Waals surface area contributed by atoms with Crippen molar-refractivity contribution in [3.8, 4) is 5.75 Å². The van der Waals surface area contributed by atoms with Crippen molar-refractivity contribution in [2.45, 2.75) is 58.4 Å². The van der Waals surface area contributed by atoms with Gasteiger partial charge in [0.2, 0.25) is 0 Å². The maximum atomic E-state index is 12.6. The zero-order valence-corrected chi connectivity index (χ0v) is 17.3. The van der Waals surface area contributed by atoms with Crippen LogP contribution in [-0.2, 0) is 0 Å².